The molecule has 0 aromatic carbocycles. The first-order valence-electron chi connectivity index (χ1n) is 4.55. The number of likely N-dealkylation sites (tertiary alicyclic amines) is 1. The van der Waals surface area contributed by atoms with Crippen LogP contribution < -0.4 is 0 Å². The molecule has 0 aliphatic carbocycles. The lowest BCUT2D eigenvalue weighted by atomic mass is 10.1. The van der Waals surface area contributed by atoms with Crippen LogP contribution in [-0.4, -0.2) is 37.7 Å². The second-order valence-corrected chi connectivity index (χ2v) is 3.25. The predicted octanol–water partition coefficient (Wildman–Crippen LogP) is 1.12. The van der Waals surface area contributed by atoms with E-state index in [9.17, 15) is 0 Å². The van der Waals surface area contributed by atoms with Gasteiger partial charge in [0, 0.05) is 26.6 Å². The molecule has 1 unspecified atom stereocenters. The summed E-state index contributed by atoms with van der Waals surface area (Å²) in [6, 6.07) is 0. The van der Waals surface area contributed by atoms with E-state index in [1.54, 1.807) is 7.11 Å². The zero-order valence-electron chi connectivity index (χ0n) is 7.75. The van der Waals surface area contributed by atoms with Gasteiger partial charge in [-0.25, -0.2) is 0 Å². The third-order valence-electron chi connectivity index (χ3n) is 2.37. The van der Waals surface area contributed by atoms with E-state index in [-0.39, 0.29) is 0 Å². The Balaban J connectivity index is 2.22. The Kier molecular flexibility index (Phi) is 4.13. The highest BCUT2D eigenvalue weighted by molar-refractivity contribution is 4.85. The Bertz CT molecular complexity index is 162. The molecule has 2 heteroatoms. The van der Waals surface area contributed by atoms with Gasteiger partial charge in [0.2, 0.25) is 0 Å². The predicted molar refractivity (Wildman–Crippen MR) is 49.9 cm³/mol. The van der Waals surface area contributed by atoms with Crippen LogP contribution in [0.3, 0.4) is 0 Å². The van der Waals surface area contributed by atoms with Gasteiger partial charge in [-0.3, -0.25) is 4.90 Å². The van der Waals surface area contributed by atoms with Gasteiger partial charge in [-0.2, -0.15) is 0 Å². The minimum absolute atomic E-state index is 0.427. The molecule has 0 aromatic heterocycles. The lowest BCUT2D eigenvalue weighted by Crippen LogP contribution is -2.39. The van der Waals surface area contributed by atoms with E-state index >= 15 is 0 Å². The van der Waals surface area contributed by atoms with Crippen molar-refractivity contribution in [3.8, 4) is 12.3 Å². The Labute approximate surface area is 74.9 Å². The van der Waals surface area contributed by atoms with E-state index in [1.807, 2.05) is 0 Å². The molecular formula is C10H17NO. The van der Waals surface area contributed by atoms with Crippen LogP contribution in [0.1, 0.15) is 19.3 Å². The number of terminal acetylenes is 1. The normalized spacial score (nSPS) is 25.2. The SMILES string of the molecule is C#CCCN1CCCC(OC)C1. The molecule has 2 nitrogen and oxygen atoms in total. The first-order valence-corrected chi connectivity index (χ1v) is 4.55. The topological polar surface area (TPSA) is 12.5 Å². The lowest BCUT2D eigenvalue weighted by molar-refractivity contribution is 0.0323. The summed E-state index contributed by atoms with van der Waals surface area (Å²) in [5.41, 5.74) is 0. The van der Waals surface area contributed by atoms with Gasteiger partial charge in [-0.1, -0.05) is 0 Å². The summed E-state index contributed by atoms with van der Waals surface area (Å²) in [6.07, 6.45) is 8.93. The molecular weight excluding hydrogens is 150 g/mol. The molecule has 1 saturated heterocycles. The number of piperidine rings is 1. The first kappa shape index (κ1) is 9.57. The number of nitrogens with zero attached hydrogens (tertiary/aromatic N) is 1. The van der Waals surface area contributed by atoms with E-state index in [2.05, 4.69) is 10.8 Å². The molecule has 68 valence electrons. The van der Waals surface area contributed by atoms with Gasteiger partial charge in [-0.05, 0) is 19.4 Å². The summed E-state index contributed by atoms with van der Waals surface area (Å²) < 4.78 is 5.31. The molecule has 0 N–H and O–H groups in total. The maximum absolute atomic E-state index is 5.31. The third kappa shape index (κ3) is 2.84. The Morgan fingerprint density at radius 2 is 2.50 bits per heavy atom. The summed E-state index contributed by atoms with van der Waals surface area (Å²) in [5, 5.41) is 0. The monoisotopic (exact) mass is 167 g/mol. The van der Waals surface area contributed by atoms with Crippen LogP contribution in [0.5, 0.6) is 0 Å². The fraction of sp³-hybridized carbons (Fsp3) is 0.800. The number of methoxy groups -OCH3 is 1. The highest BCUT2D eigenvalue weighted by atomic mass is 16.5. The minimum Gasteiger partial charge on any atom is -0.380 e. The van der Waals surface area contributed by atoms with Crippen molar-refractivity contribution in [1.82, 2.24) is 4.90 Å². The van der Waals surface area contributed by atoms with E-state index in [0.29, 0.717) is 6.10 Å². The van der Waals surface area contributed by atoms with E-state index in [4.69, 9.17) is 11.2 Å². The van der Waals surface area contributed by atoms with Crippen LogP contribution in [0.15, 0.2) is 0 Å². The molecule has 1 fully saturated rings. The number of rotatable bonds is 3. The molecule has 12 heavy (non-hydrogen) atoms. The highest BCUT2D eigenvalue weighted by Gasteiger charge is 2.18. The van der Waals surface area contributed by atoms with E-state index < -0.39 is 0 Å². The van der Waals surface area contributed by atoms with Crippen LogP contribution in [0.2, 0.25) is 0 Å². The maximum Gasteiger partial charge on any atom is 0.0698 e. The largest absolute Gasteiger partial charge is 0.380 e. The Hall–Kier alpha value is -0.520. The van der Waals surface area contributed by atoms with Crippen molar-refractivity contribution in [3.05, 3.63) is 0 Å². The summed E-state index contributed by atoms with van der Waals surface area (Å²) in [5.74, 6) is 2.67. The molecule has 1 rings (SSSR count). The summed E-state index contributed by atoms with van der Waals surface area (Å²) in [7, 11) is 1.79. The zero-order chi connectivity index (χ0) is 8.81. The fourth-order valence-corrected chi connectivity index (χ4v) is 1.63. The van der Waals surface area contributed by atoms with E-state index in [0.717, 1.165) is 19.5 Å². The molecule has 1 aliphatic rings. The van der Waals surface area contributed by atoms with Crippen LogP contribution in [0, 0.1) is 12.3 Å². The standard InChI is InChI=1S/C10H17NO/c1-3-4-7-11-8-5-6-10(9-11)12-2/h1,10H,4-9H2,2H3. The van der Waals surface area contributed by atoms with Crippen LogP contribution in [0.4, 0.5) is 0 Å². The number of ether oxygens (including phenoxy) is 1. The molecule has 0 amide bonds. The smallest absolute Gasteiger partial charge is 0.0698 e. The van der Waals surface area contributed by atoms with Crippen molar-refractivity contribution in [1.29, 1.82) is 0 Å². The molecule has 1 atom stereocenters. The fourth-order valence-electron chi connectivity index (χ4n) is 1.63. The number of hydrogen-bond donors (Lipinski definition) is 0. The van der Waals surface area contributed by atoms with E-state index in [1.165, 1.54) is 19.4 Å². The van der Waals surface area contributed by atoms with Crippen LogP contribution >= 0.6 is 0 Å². The highest BCUT2D eigenvalue weighted by Crippen LogP contribution is 2.12. The molecule has 0 radical (unpaired) electrons. The van der Waals surface area contributed by atoms with Gasteiger partial charge >= 0.3 is 0 Å². The average Bonchev–Trinajstić information content (AvgIpc) is 2.15. The molecule has 0 saturated carbocycles. The summed E-state index contributed by atoms with van der Waals surface area (Å²) in [4.78, 5) is 2.39. The third-order valence-corrected chi connectivity index (χ3v) is 2.37. The van der Waals surface area contributed by atoms with Crippen molar-refractivity contribution in [2.75, 3.05) is 26.7 Å². The van der Waals surface area contributed by atoms with Crippen molar-refractivity contribution >= 4 is 0 Å². The quantitative estimate of drug-likeness (QED) is 0.584. The van der Waals surface area contributed by atoms with Gasteiger partial charge in [0.15, 0.2) is 0 Å². The van der Waals surface area contributed by atoms with Crippen LogP contribution in [-0.2, 0) is 4.74 Å². The molecule has 0 spiro atoms. The Morgan fingerprint density at radius 3 is 3.17 bits per heavy atom. The minimum atomic E-state index is 0.427. The van der Waals surface area contributed by atoms with Crippen molar-refractivity contribution in [2.45, 2.75) is 25.4 Å². The first-order chi connectivity index (χ1) is 5.86. The molecule has 1 aliphatic heterocycles. The summed E-state index contributed by atoms with van der Waals surface area (Å²) >= 11 is 0. The van der Waals surface area contributed by atoms with Gasteiger partial charge in [-0.15, -0.1) is 12.3 Å². The number of hydrogen-bond acceptors (Lipinski definition) is 2. The second-order valence-electron chi connectivity index (χ2n) is 3.25. The van der Waals surface area contributed by atoms with Gasteiger partial charge in [0.05, 0.1) is 6.10 Å². The lowest BCUT2D eigenvalue weighted by Gasteiger charge is -2.31. The van der Waals surface area contributed by atoms with Crippen molar-refractivity contribution < 1.29 is 4.74 Å². The molecule has 1 heterocycles. The summed E-state index contributed by atoms with van der Waals surface area (Å²) in [6.45, 7) is 3.26. The van der Waals surface area contributed by atoms with Crippen molar-refractivity contribution in [3.63, 3.8) is 0 Å². The van der Waals surface area contributed by atoms with Gasteiger partial charge in [0.25, 0.3) is 0 Å². The van der Waals surface area contributed by atoms with Gasteiger partial charge < -0.3 is 4.74 Å². The zero-order valence-corrected chi connectivity index (χ0v) is 7.75. The van der Waals surface area contributed by atoms with Crippen LogP contribution in [0.25, 0.3) is 0 Å². The molecule has 0 bridgehead atoms. The second kappa shape index (κ2) is 5.18. The maximum atomic E-state index is 5.31. The average molecular weight is 167 g/mol. The molecule has 0 aromatic rings. The van der Waals surface area contributed by atoms with Gasteiger partial charge in [0.1, 0.15) is 0 Å². The van der Waals surface area contributed by atoms with Crippen molar-refractivity contribution in [2.24, 2.45) is 0 Å². The Morgan fingerprint density at radius 1 is 1.67 bits per heavy atom.